The van der Waals surface area contributed by atoms with Crippen LogP contribution in [-0.4, -0.2) is 79.7 Å². The Morgan fingerprint density at radius 1 is 0.847 bits per heavy atom. The third-order valence-electron chi connectivity index (χ3n) is 10.9. The summed E-state index contributed by atoms with van der Waals surface area (Å²) >= 11 is 0. The molecule has 9 rings (SSSR count). The maximum Gasteiger partial charge on any atom is 0.262 e. The Bertz CT molecular complexity index is 2690. The van der Waals surface area contributed by atoms with Crippen LogP contribution in [0.4, 0.5) is 0 Å². The topological polar surface area (TPSA) is 147 Å². The highest BCUT2D eigenvalue weighted by atomic mass is 16.5. The summed E-state index contributed by atoms with van der Waals surface area (Å²) in [5.41, 5.74) is 6.03. The van der Waals surface area contributed by atoms with E-state index in [1.54, 1.807) is 24.4 Å². The number of aryl methyl sites for hydroxylation is 1. The molecule has 6 aromatic rings. The van der Waals surface area contributed by atoms with Crippen molar-refractivity contribution in [2.75, 3.05) is 13.2 Å². The lowest BCUT2D eigenvalue weighted by Crippen LogP contribution is -2.51. The summed E-state index contributed by atoms with van der Waals surface area (Å²) < 4.78 is 26.1. The smallest absolute Gasteiger partial charge is 0.262 e. The molecule has 2 aromatic carbocycles. The van der Waals surface area contributed by atoms with Gasteiger partial charge in [0.1, 0.15) is 48.7 Å². The van der Waals surface area contributed by atoms with Gasteiger partial charge in [0.05, 0.1) is 28.9 Å². The molecule has 3 amide bonds. The molecular formula is C46H40N6O7. The van der Waals surface area contributed by atoms with E-state index in [-0.39, 0.29) is 42.7 Å². The summed E-state index contributed by atoms with van der Waals surface area (Å²) in [5, 5.41) is 4.95. The van der Waals surface area contributed by atoms with Gasteiger partial charge in [0.25, 0.3) is 11.8 Å². The molecule has 13 heteroatoms. The SMILES string of the molecule is C=C1CCC(N2C(=O)c3ccc(OCC(C)OCC#Cc4ccc(OC5CC(Oc6ccc(-c7ccc8c9cnccc9n(C)c8c7)cn6)C5)cn4)cc3C2=O)C(=O)N1. The van der Waals surface area contributed by atoms with Crippen LogP contribution in [0, 0.1) is 11.8 Å². The van der Waals surface area contributed by atoms with Crippen LogP contribution in [0.2, 0.25) is 0 Å². The Kier molecular flexibility index (Phi) is 10.00. The normalized spacial score (nSPS) is 19.2. The molecule has 0 radical (unpaired) electrons. The third kappa shape index (κ3) is 7.58. The number of nitrogens with zero attached hydrogens (tertiary/aromatic N) is 5. The number of carbonyl (C=O) groups excluding carboxylic acids is 3. The fourth-order valence-electron chi connectivity index (χ4n) is 7.64. The molecular weight excluding hydrogens is 749 g/mol. The van der Waals surface area contributed by atoms with Crippen LogP contribution < -0.4 is 19.5 Å². The van der Waals surface area contributed by atoms with Crippen LogP contribution >= 0.6 is 0 Å². The molecule has 296 valence electrons. The average molecular weight is 789 g/mol. The number of piperidine rings is 1. The second-order valence-electron chi connectivity index (χ2n) is 15.0. The van der Waals surface area contributed by atoms with E-state index in [0.29, 0.717) is 41.6 Å². The number of pyridine rings is 3. The van der Waals surface area contributed by atoms with Crippen molar-refractivity contribution in [3.8, 4) is 40.3 Å². The fourth-order valence-corrected chi connectivity index (χ4v) is 7.64. The van der Waals surface area contributed by atoms with Crippen LogP contribution in [0.3, 0.4) is 0 Å². The standard InChI is InChI=1S/C46H40N6O7/c1-27-6-14-41(44(53)50-27)52-45(54)37-13-11-32(22-38(37)46(52)55)57-26-28(2)56-18-4-5-31-9-10-33(24-48-31)58-34-20-35(21-34)59-43-15-8-30(23-49-43)29-7-12-36-39-25-47-17-16-40(39)51(3)42(36)19-29/h7-13,15-17,19,22-25,28,34-35,41H,1,6,14,18,20-21,26H2,2-3H3,(H,50,53). The van der Waals surface area contributed by atoms with E-state index in [1.807, 2.05) is 49.8 Å². The van der Waals surface area contributed by atoms with Crippen LogP contribution in [0.1, 0.15) is 59.0 Å². The zero-order valence-corrected chi connectivity index (χ0v) is 32.5. The zero-order valence-electron chi connectivity index (χ0n) is 32.5. The highest BCUT2D eigenvalue weighted by Gasteiger charge is 2.44. The van der Waals surface area contributed by atoms with Crippen LogP contribution in [0.5, 0.6) is 17.4 Å². The summed E-state index contributed by atoms with van der Waals surface area (Å²) in [5.74, 6) is 6.23. The number of nitrogens with one attached hydrogen (secondary N) is 1. The summed E-state index contributed by atoms with van der Waals surface area (Å²) in [4.78, 5) is 52.9. The second kappa shape index (κ2) is 15.7. The van der Waals surface area contributed by atoms with E-state index in [1.165, 1.54) is 11.5 Å². The number of rotatable bonds is 11. The minimum atomic E-state index is -0.867. The number of hydrogen-bond donors (Lipinski definition) is 1. The summed E-state index contributed by atoms with van der Waals surface area (Å²) in [6, 6.07) is 19.9. The van der Waals surface area contributed by atoms with Gasteiger partial charge in [-0.2, -0.15) is 0 Å². The van der Waals surface area contributed by atoms with Gasteiger partial charge >= 0.3 is 0 Å². The number of hydrogen-bond acceptors (Lipinski definition) is 10. The van der Waals surface area contributed by atoms with Crippen LogP contribution in [-0.2, 0) is 16.6 Å². The van der Waals surface area contributed by atoms with E-state index < -0.39 is 23.8 Å². The molecule has 2 atom stereocenters. The van der Waals surface area contributed by atoms with Gasteiger partial charge in [-0.15, -0.1) is 0 Å². The molecule has 13 nitrogen and oxygen atoms in total. The number of allylic oxidation sites excluding steroid dienone is 1. The Balaban J connectivity index is 0.695. The Morgan fingerprint density at radius 2 is 1.66 bits per heavy atom. The first-order valence-corrected chi connectivity index (χ1v) is 19.5. The largest absolute Gasteiger partial charge is 0.491 e. The Morgan fingerprint density at radius 3 is 2.46 bits per heavy atom. The molecule has 0 bridgehead atoms. The van der Waals surface area contributed by atoms with E-state index in [0.717, 1.165) is 45.3 Å². The Hall–Kier alpha value is -7.04. The molecule has 2 fully saturated rings. The molecule has 1 N–H and O–H groups in total. The van der Waals surface area contributed by atoms with E-state index in [9.17, 15) is 14.4 Å². The average Bonchev–Trinajstić information content (AvgIpc) is 3.66. The summed E-state index contributed by atoms with van der Waals surface area (Å²) in [7, 11) is 2.07. The molecule has 4 aromatic heterocycles. The van der Waals surface area contributed by atoms with Crippen LogP contribution in [0.25, 0.3) is 32.9 Å². The van der Waals surface area contributed by atoms with Crippen molar-refractivity contribution in [1.29, 1.82) is 0 Å². The first-order valence-electron chi connectivity index (χ1n) is 19.5. The zero-order chi connectivity index (χ0) is 40.6. The van der Waals surface area contributed by atoms with E-state index >= 15 is 0 Å². The molecule has 2 unspecified atom stereocenters. The molecule has 3 aliphatic rings. The number of benzene rings is 2. The van der Waals surface area contributed by atoms with Gasteiger partial charge in [0.15, 0.2) is 0 Å². The number of aromatic nitrogens is 4. The lowest BCUT2D eigenvalue weighted by molar-refractivity contribution is -0.125. The van der Waals surface area contributed by atoms with Gasteiger partial charge in [-0.3, -0.25) is 24.3 Å². The molecule has 1 saturated carbocycles. The van der Waals surface area contributed by atoms with Gasteiger partial charge in [-0.05, 0) is 79.8 Å². The minimum absolute atomic E-state index is 0.0259. The molecule has 2 aliphatic heterocycles. The van der Waals surface area contributed by atoms with Gasteiger partial charge in [-0.1, -0.05) is 24.6 Å². The quantitative estimate of drug-likeness (QED) is 0.116. The van der Waals surface area contributed by atoms with Crippen LogP contribution in [0.15, 0.2) is 104 Å². The predicted molar refractivity (Wildman–Crippen MR) is 219 cm³/mol. The van der Waals surface area contributed by atoms with Crippen molar-refractivity contribution >= 4 is 39.5 Å². The van der Waals surface area contributed by atoms with Crippen molar-refractivity contribution in [3.63, 3.8) is 0 Å². The maximum absolute atomic E-state index is 13.1. The number of fused-ring (bicyclic) bond motifs is 4. The van der Waals surface area contributed by atoms with Gasteiger partial charge in [0, 0.05) is 72.1 Å². The van der Waals surface area contributed by atoms with E-state index in [4.69, 9.17) is 18.9 Å². The summed E-state index contributed by atoms with van der Waals surface area (Å²) in [6.07, 6.45) is 9.32. The number of amides is 3. The first-order chi connectivity index (χ1) is 28.7. The van der Waals surface area contributed by atoms with Crippen molar-refractivity contribution in [1.82, 2.24) is 29.7 Å². The molecule has 59 heavy (non-hydrogen) atoms. The van der Waals surface area contributed by atoms with Gasteiger partial charge in [0.2, 0.25) is 11.8 Å². The van der Waals surface area contributed by atoms with E-state index in [2.05, 4.69) is 68.5 Å². The first kappa shape index (κ1) is 37.5. The number of carbonyl (C=O) groups is 3. The monoisotopic (exact) mass is 788 g/mol. The number of ether oxygens (including phenoxy) is 4. The molecule has 1 saturated heterocycles. The fraction of sp³-hybridized carbons (Fsp3) is 0.261. The lowest BCUT2D eigenvalue weighted by Gasteiger charge is -2.34. The summed E-state index contributed by atoms with van der Waals surface area (Å²) in [6.45, 7) is 5.96. The van der Waals surface area contributed by atoms with Gasteiger partial charge in [-0.25, -0.2) is 9.97 Å². The highest BCUT2D eigenvalue weighted by molar-refractivity contribution is 6.23. The highest BCUT2D eigenvalue weighted by Crippen LogP contribution is 2.34. The third-order valence-corrected chi connectivity index (χ3v) is 10.9. The van der Waals surface area contributed by atoms with Crippen molar-refractivity contribution in [2.45, 2.75) is 57.0 Å². The second-order valence-corrected chi connectivity index (χ2v) is 15.0. The molecule has 1 aliphatic carbocycles. The number of imide groups is 1. The van der Waals surface area contributed by atoms with Gasteiger partial charge < -0.3 is 28.8 Å². The molecule has 6 heterocycles. The molecule has 0 spiro atoms. The lowest BCUT2D eigenvalue weighted by atomic mass is 9.92. The predicted octanol–water partition coefficient (Wildman–Crippen LogP) is 6.40. The van der Waals surface area contributed by atoms with Crippen molar-refractivity contribution in [2.24, 2.45) is 7.05 Å². The Labute approximate surface area is 340 Å². The van der Waals surface area contributed by atoms with Crippen molar-refractivity contribution < 1.29 is 33.3 Å². The van der Waals surface area contributed by atoms with Crippen molar-refractivity contribution in [3.05, 3.63) is 121 Å². The minimum Gasteiger partial charge on any atom is -0.491 e. The maximum atomic E-state index is 13.1.